The van der Waals surface area contributed by atoms with Gasteiger partial charge in [-0.15, -0.1) is 0 Å². The summed E-state index contributed by atoms with van der Waals surface area (Å²) in [5.41, 5.74) is 5.60. The lowest BCUT2D eigenvalue weighted by atomic mass is 9.80. The van der Waals surface area contributed by atoms with Crippen molar-refractivity contribution in [1.29, 1.82) is 0 Å². The zero-order valence-corrected chi connectivity index (χ0v) is 9.18. The third-order valence-corrected chi connectivity index (χ3v) is 4.85. The molecule has 0 aliphatic heterocycles. The number of sulfone groups is 1. The van der Waals surface area contributed by atoms with E-state index >= 15 is 0 Å². The van der Waals surface area contributed by atoms with Gasteiger partial charge in [0.15, 0.2) is 0 Å². The molecule has 1 aliphatic rings. The van der Waals surface area contributed by atoms with Gasteiger partial charge in [-0.3, -0.25) is 0 Å². The smallest absolute Gasteiger partial charge is 0.150 e. The van der Waals surface area contributed by atoms with E-state index in [0.29, 0.717) is 18.4 Å². The van der Waals surface area contributed by atoms with Crippen LogP contribution in [0.3, 0.4) is 0 Å². The Balaban J connectivity index is 2.61. The van der Waals surface area contributed by atoms with Crippen molar-refractivity contribution in [2.24, 2.45) is 17.6 Å². The van der Waals surface area contributed by atoms with Crippen LogP contribution in [-0.2, 0) is 9.84 Å². The second-order valence-corrected chi connectivity index (χ2v) is 6.56. The molecule has 78 valence electrons. The van der Waals surface area contributed by atoms with Crippen molar-refractivity contribution in [2.75, 3.05) is 12.8 Å². The Morgan fingerprint density at radius 2 is 2.00 bits per heavy atom. The molecule has 0 amide bonds. The van der Waals surface area contributed by atoms with Gasteiger partial charge in [-0.05, 0) is 37.6 Å². The summed E-state index contributed by atoms with van der Waals surface area (Å²) < 4.78 is 22.6. The van der Waals surface area contributed by atoms with Crippen molar-refractivity contribution in [3.63, 3.8) is 0 Å². The highest BCUT2D eigenvalue weighted by atomic mass is 32.2. The quantitative estimate of drug-likeness (QED) is 0.725. The molecular formula is C9H19NO2S. The molecule has 3 unspecified atom stereocenters. The molecule has 0 saturated heterocycles. The largest absolute Gasteiger partial charge is 0.330 e. The van der Waals surface area contributed by atoms with E-state index < -0.39 is 9.84 Å². The summed E-state index contributed by atoms with van der Waals surface area (Å²) in [5.74, 6) is 0.983. The molecule has 1 saturated carbocycles. The second kappa shape index (κ2) is 3.96. The van der Waals surface area contributed by atoms with E-state index in [1.807, 2.05) is 0 Å². The van der Waals surface area contributed by atoms with Gasteiger partial charge in [0, 0.05) is 6.26 Å². The summed E-state index contributed by atoms with van der Waals surface area (Å²) in [6, 6.07) is 0. The van der Waals surface area contributed by atoms with Gasteiger partial charge in [0.05, 0.1) is 5.25 Å². The summed E-state index contributed by atoms with van der Waals surface area (Å²) >= 11 is 0. The first kappa shape index (κ1) is 11.0. The maximum absolute atomic E-state index is 11.3. The van der Waals surface area contributed by atoms with E-state index in [-0.39, 0.29) is 5.25 Å². The molecule has 0 aromatic heterocycles. The first-order valence-corrected chi connectivity index (χ1v) is 6.79. The maximum atomic E-state index is 11.3. The number of hydrogen-bond donors (Lipinski definition) is 1. The molecular weight excluding hydrogens is 186 g/mol. The molecule has 0 aromatic rings. The predicted molar refractivity (Wildman–Crippen MR) is 54.2 cm³/mol. The van der Waals surface area contributed by atoms with Gasteiger partial charge in [0.25, 0.3) is 0 Å². The Hall–Kier alpha value is -0.0900. The Bertz CT molecular complexity index is 261. The first-order valence-electron chi connectivity index (χ1n) is 4.84. The van der Waals surface area contributed by atoms with E-state index in [0.717, 1.165) is 19.3 Å². The fourth-order valence-corrected chi connectivity index (χ4v) is 3.37. The van der Waals surface area contributed by atoms with Gasteiger partial charge in [-0.25, -0.2) is 8.42 Å². The molecule has 0 aromatic carbocycles. The highest BCUT2D eigenvalue weighted by Crippen LogP contribution is 2.32. The Morgan fingerprint density at radius 3 is 2.38 bits per heavy atom. The topological polar surface area (TPSA) is 60.2 Å². The van der Waals surface area contributed by atoms with Gasteiger partial charge in [0.1, 0.15) is 9.84 Å². The molecule has 3 nitrogen and oxygen atoms in total. The third-order valence-electron chi connectivity index (χ3n) is 3.21. The van der Waals surface area contributed by atoms with Crippen LogP contribution in [0.25, 0.3) is 0 Å². The lowest BCUT2D eigenvalue weighted by Crippen LogP contribution is -2.34. The molecule has 0 radical (unpaired) electrons. The molecule has 3 atom stereocenters. The number of hydrogen-bond acceptors (Lipinski definition) is 3. The van der Waals surface area contributed by atoms with Gasteiger partial charge in [-0.2, -0.15) is 0 Å². The lowest BCUT2D eigenvalue weighted by Gasteiger charge is -2.32. The zero-order valence-electron chi connectivity index (χ0n) is 8.36. The molecule has 0 spiro atoms. The average Bonchev–Trinajstić information content (AvgIpc) is 2.02. The maximum Gasteiger partial charge on any atom is 0.150 e. The van der Waals surface area contributed by atoms with E-state index in [1.165, 1.54) is 6.26 Å². The van der Waals surface area contributed by atoms with Crippen molar-refractivity contribution in [3.8, 4) is 0 Å². The Kier molecular flexibility index (Phi) is 3.35. The van der Waals surface area contributed by atoms with Gasteiger partial charge < -0.3 is 5.73 Å². The molecule has 1 fully saturated rings. The van der Waals surface area contributed by atoms with Gasteiger partial charge in [-0.1, -0.05) is 6.92 Å². The van der Waals surface area contributed by atoms with Crippen LogP contribution in [-0.4, -0.2) is 26.5 Å². The van der Waals surface area contributed by atoms with Crippen LogP contribution in [0.2, 0.25) is 0 Å². The van der Waals surface area contributed by atoms with Crippen LogP contribution >= 0.6 is 0 Å². The molecule has 1 aliphatic carbocycles. The minimum atomic E-state index is -2.83. The molecule has 0 bridgehead atoms. The summed E-state index contributed by atoms with van der Waals surface area (Å²) in [7, 11) is -2.83. The SMILES string of the molecule is CC1CC(S(C)(=O)=O)CCC1CN. The van der Waals surface area contributed by atoms with Gasteiger partial charge >= 0.3 is 0 Å². The molecule has 1 rings (SSSR count). The van der Waals surface area contributed by atoms with Crippen LogP contribution in [0.5, 0.6) is 0 Å². The van der Waals surface area contributed by atoms with E-state index in [1.54, 1.807) is 0 Å². The van der Waals surface area contributed by atoms with Gasteiger partial charge in [0.2, 0.25) is 0 Å². The number of nitrogens with two attached hydrogens (primary N) is 1. The summed E-state index contributed by atoms with van der Waals surface area (Å²) in [4.78, 5) is 0. The fourth-order valence-electron chi connectivity index (χ4n) is 2.15. The normalized spacial score (nSPS) is 36.1. The summed E-state index contributed by atoms with van der Waals surface area (Å²) in [5, 5.41) is -0.120. The molecule has 0 heterocycles. The molecule has 13 heavy (non-hydrogen) atoms. The van der Waals surface area contributed by atoms with E-state index in [4.69, 9.17) is 5.73 Å². The van der Waals surface area contributed by atoms with Crippen molar-refractivity contribution >= 4 is 9.84 Å². The van der Waals surface area contributed by atoms with Crippen LogP contribution in [0.15, 0.2) is 0 Å². The van der Waals surface area contributed by atoms with Crippen LogP contribution in [0.1, 0.15) is 26.2 Å². The van der Waals surface area contributed by atoms with E-state index in [2.05, 4.69) is 6.92 Å². The van der Waals surface area contributed by atoms with Crippen LogP contribution in [0.4, 0.5) is 0 Å². The molecule has 2 N–H and O–H groups in total. The third kappa shape index (κ3) is 2.68. The van der Waals surface area contributed by atoms with Crippen molar-refractivity contribution in [1.82, 2.24) is 0 Å². The predicted octanol–water partition coefficient (Wildman–Crippen LogP) is 0.794. The average molecular weight is 205 g/mol. The van der Waals surface area contributed by atoms with Crippen LogP contribution in [0, 0.1) is 11.8 Å². The Labute approximate surface area is 80.6 Å². The van der Waals surface area contributed by atoms with E-state index in [9.17, 15) is 8.42 Å². The fraction of sp³-hybridized carbons (Fsp3) is 1.00. The Morgan fingerprint density at radius 1 is 1.38 bits per heavy atom. The second-order valence-electron chi connectivity index (χ2n) is 4.24. The summed E-state index contributed by atoms with van der Waals surface area (Å²) in [6.07, 6.45) is 3.90. The highest BCUT2D eigenvalue weighted by Gasteiger charge is 2.31. The lowest BCUT2D eigenvalue weighted by molar-refractivity contribution is 0.264. The standard InChI is InChI=1S/C9H19NO2S/c1-7-5-9(13(2,11)12)4-3-8(7)6-10/h7-9H,3-6,10H2,1-2H3. The van der Waals surface area contributed by atoms with Crippen molar-refractivity contribution in [3.05, 3.63) is 0 Å². The van der Waals surface area contributed by atoms with Crippen molar-refractivity contribution < 1.29 is 8.42 Å². The van der Waals surface area contributed by atoms with Crippen molar-refractivity contribution in [2.45, 2.75) is 31.4 Å². The minimum Gasteiger partial charge on any atom is -0.330 e. The summed E-state index contributed by atoms with van der Waals surface area (Å²) in [6.45, 7) is 2.80. The highest BCUT2D eigenvalue weighted by molar-refractivity contribution is 7.91. The van der Waals surface area contributed by atoms with Crippen LogP contribution < -0.4 is 5.73 Å². The zero-order chi connectivity index (χ0) is 10.1. The first-order chi connectivity index (χ1) is 5.95. The number of rotatable bonds is 2. The monoisotopic (exact) mass is 205 g/mol. The minimum absolute atomic E-state index is 0.120. The molecule has 4 heteroatoms.